The highest BCUT2D eigenvalue weighted by atomic mass is 16.2. The molecule has 8 heteroatoms. The Labute approximate surface area is 173 Å². The standard InChI is InChI=1S/C21H34N6O2/c1-15(2)5-7-25-8-6-22-21(29)18(25)13-19(28)26-9-11-27(12-10-26)20-17(4)23-14-16(3)24-20/h14-15,18H,5-13H2,1-4H3,(H,22,29)/t18-/m1/s1. The van der Waals surface area contributed by atoms with E-state index in [1.165, 1.54) is 0 Å². The summed E-state index contributed by atoms with van der Waals surface area (Å²) in [5.74, 6) is 1.53. The van der Waals surface area contributed by atoms with E-state index in [0.29, 0.717) is 25.6 Å². The molecule has 0 saturated carbocycles. The molecule has 2 saturated heterocycles. The summed E-state index contributed by atoms with van der Waals surface area (Å²) in [7, 11) is 0. The Balaban J connectivity index is 1.57. The number of piperazine rings is 2. The minimum Gasteiger partial charge on any atom is -0.353 e. The second kappa shape index (κ2) is 9.52. The molecule has 0 aliphatic carbocycles. The van der Waals surface area contributed by atoms with Crippen LogP contribution in [0.5, 0.6) is 0 Å². The van der Waals surface area contributed by atoms with Crippen LogP contribution < -0.4 is 10.2 Å². The minimum absolute atomic E-state index is 0.0161. The van der Waals surface area contributed by atoms with Crippen LogP contribution in [0.1, 0.15) is 38.1 Å². The molecular weight excluding hydrogens is 368 g/mol. The fourth-order valence-electron chi connectivity index (χ4n) is 3.96. The van der Waals surface area contributed by atoms with Crippen molar-refractivity contribution in [3.05, 3.63) is 17.6 Å². The van der Waals surface area contributed by atoms with E-state index >= 15 is 0 Å². The molecule has 29 heavy (non-hydrogen) atoms. The Hall–Kier alpha value is -2.22. The molecule has 0 unspecified atom stereocenters. The lowest BCUT2D eigenvalue weighted by Crippen LogP contribution is -2.58. The third kappa shape index (κ3) is 5.44. The lowest BCUT2D eigenvalue weighted by molar-refractivity contribution is -0.139. The van der Waals surface area contributed by atoms with E-state index in [-0.39, 0.29) is 24.3 Å². The summed E-state index contributed by atoms with van der Waals surface area (Å²) in [6.45, 7) is 13.4. The van der Waals surface area contributed by atoms with Gasteiger partial charge in [-0.1, -0.05) is 13.8 Å². The molecule has 0 radical (unpaired) electrons. The summed E-state index contributed by atoms with van der Waals surface area (Å²) in [4.78, 5) is 40.6. The van der Waals surface area contributed by atoms with Crippen molar-refractivity contribution < 1.29 is 9.59 Å². The summed E-state index contributed by atoms with van der Waals surface area (Å²) >= 11 is 0. The molecule has 0 spiro atoms. The number of anilines is 1. The van der Waals surface area contributed by atoms with Gasteiger partial charge >= 0.3 is 0 Å². The number of rotatable bonds is 6. The van der Waals surface area contributed by atoms with Gasteiger partial charge in [-0.25, -0.2) is 4.98 Å². The number of nitrogens with one attached hydrogen (secondary N) is 1. The Morgan fingerprint density at radius 1 is 1.21 bits per heavy atom. The van der Waals surface area contributed by atoms with Gasteiger partial charge in [-0.2, -0.15) is 0 Å². The normalized spacial score (nSPS) is 20.9. The molecular formula is C21H34N6O2. The molecule has 160 valence electrons. The smallest absolute Gasteiger partial charge is 0.237 e. The van der Waals surface area contributed by atoms with Gasteiger partial charge in [-0.05, 0) is 32.7 Å². The van der Waals surface area contributed by atoms with Crippen LogP contribution >= 0.6 is 0 Å². The fraction of sp³-hybridized carbons (Fsp3) is 0.714. The third-order valence-corrected chi connectivity index (χ3v) is 5.79. The number of hydrogen-bond acceptors (Lipinski definition) is 6. The summed E-state index contributed by atoms with van der Waals surface area (Å²) < 4.78 is 0. The van der Waals surface area contributed by atoms with Gasteiger partial charge in [0.2, 0.25) is 11.8 Å². The molecule has 0 bridgehead atoms. The number of hydrogen-bond donors (Lipinski definition) is 1. The van der Waals surface area contributed by atoms with E-state index < -0.39 is 0 Å². The van der Waals surface area contributed by atoms with E-state index in [1.807, 2.05) is 18.7 Å². The first-order valence-corrected chi connectivity index (χ1v) is 10.7. The Morgan fingerprint density at radius 2 is 1.93 bits per heavy atom. The van der Waals surface area contributed by atoms with Crippen molar-refractivity contribution in [1.29, 1.82) is 0 Å². The van der Waals surface area contributed by atoms with Crippen molar-refractivity contribution in [2.24, 2.45) is 5.92 Å². The highest BCUT2D eigenvalue weighted by Crippen LogP contribution is 2.19. The van der Waals surface area contributed by atoms with Crippen LogP contribution in [0.2, 0.25) is 0 Å². The maximum Gasteiger partial charge on any atom is 0.237 e. The quantitative estimate of drug-likeness (QED) is 0.764. The molecule has 2 aliphatic heterocycles. The SMILES string of the molecule is Cc1cnc(C)c(N2CCN(C(=O)C[C@@H]3C(=O)NCCN3CCC(C)C)CC2)n1. The molecule has 1 N–H and O–H groups in total. The number of nitrogens with zero attached hydrogens (tertiary/aromatic N) is 5. The molecule has 3 rings (SSSR count). The van der Waals surface area contributed by atoms with Gasteiger partial charge in [-0.15, -0.1) is 0 Å². The van der Waals surface area contributed by atoms with Crippen LogP contribution in [0.25, 0.3) is 0 Å². The lowest BCUT2D eigenvalue weighted by atomic mass is 10.0. The molecule has 2 aliphatic rings. The highest BCUT2D eigenvalue weighted by Gasteiger charge is 2.33. The van der Waals surface area contributed by atoms with Gasteiger partial charge < -0.3 is 15.1 Å². The van der Waals surface area contributed by atoms with Crippen molar-refractivity contribution in [1.82, 2.24) is 25.1 Å². The van der Waals surface area contributed by atoms with Crippen molar-refractivity contribution in [3.8, 4) is 0 Å². The summed E-state index contributed by atoms with van der Waals surface area (Å²) in [5.41, 5.74) is 1.81. The summed E-state index contributed by atoms with van der Waals surface area (Å²) in [5, 5.41) is 2.92. The number of aryl methyl sites for hydroxylation is 2. The van der Waals surface area contributed by atoms with E-state index in [9.17, 15) is 9.59 Å². The Kier molecular flexibility index (Phi) is 7.05. The average molecular weight is 403 g/mol. The van der Waals surface area contributed by atoms with Crippen molar-refractivity contribution in [3.63, 3.8) is 0 Å². The minimum atomic E-state index is -0.349. The zero-order valence-corrected chi connectivity index (χ0v) is 18.1. The monoisotopic (exact) mass is 402 g/mol. The van der Waals surface area contributed by atoms with E-state index in [1.54, 1.807) is 6.20 Å². The molecule has 2 amide bonds. The van der Waals surface area contributed by atoms with Gasteiger partial charge in [0.15, 0.2) is 0 Å². The molecule has 8 nitrogen and oxygen atoms in total. The topological polar surface area (TPSA) is 81.7 Å². The molecule has 1 atom stereocenters. The van der Waals surface area contributed by atoms with Crippen LogP contribution in [0.3, 0.4) is 0 Å². The van der Waals surface area contributed by atoms with Crippen LogP contribution in [-0.4, -0.2) is 83.4 Å². The first kappa shape index (κ1) is 21.5. The predicted octanol–water partition coefficient (Wildman–Crippen LogP) is 0.979. The number of aromatic nitrogens is 2. The maximum atomic E-state index is 12.9. The second-order valence-corrected chi connectivity index (χ2v) is 8.52. The van der Waals surface area contributed by atoms with E-state index in [2.05, 4.69) is 38.9 Å². The largest absolute Gasteiger partial charge is 0.353 e. The zero-order valence-electron chi connectivity index (χ0n) is 18.1. The van der Waals surface area contributed by atoms with Gasteiger partial charge in [0.1, 0.15) is 5.82 Å². The van der Waals surface area contributed by atoms with E-state index in [4.69, 9.17) is 0 Å². The second-order valence-electron chi connectivity index (χ2n) is 8.52. The molecule has 1 aromatic heterocycles. The van der Waals surface area contributed by atoms with Crippen LogP contribution in [0.4, 0.5) is 5.82 Å². The van der Waals surface area contributed by atoms with Crippen molar-refractivity contribution in [2.45, 2.75) is 46.6 Å². The molecule has 2 fully saturated rings. The fourth-order valence-corrected chi connectivity index (χ4v) is 3.96. The van der Waals surface area contributed by atoms with E-state index in [0.717, 1.165) is 49.8 Å². The zero-order chi connectivity index (χ0) is 21.0. The molecule has 0 aromatic carbocycles. The first-order valence-electron chi connectivity index (χ1n) is 10.7. The lowest BCUT2D eigenvalue weighted by Gasteiger charge is -2.38. The highest BCUT2D eigenvalue weighted by molar-refractivity contribution is 5.89. The Bertz CT molecular complexity index is 730. The van der Waals surface area contributed by atoms with Crippen molar-refractivity contribution in [2.75, 3.05) is 50.7 Å². The predicted molar refractivity (Wildman–Crippen MR) is 113 cm³/mol. The first-order chi connectivity index (χ1) is 13.8. The van der Waals surface area contributed by atoms with Crippen LogP contribution in [0.15, 0.2) is 6.20 Å². The van der Waals surface area contributed by atoms with Gasteiger partial charge in [0.25, 0.3) is 0 Å². The van der Waals surface area contributed by atoms with Gasteiger partial charge in [-0.3, -0.25) is 19.5 Å². The molecule has 3 heterocycles. The third-order valence-electron chi connectivity index (χ3n) is 5.79. The number of carbonyl (C=O) groups excluding carboxylic acids is 2. The van der Waals surface area contributed by atoms with Gasteiger partial charge in [0, 0.05) is 45.5 Å². The maximum absolute atomic E-state index is 12.9. The summed E-state index contributed by atoms with van der Waals surface area (Å²) in [6, 6.07) is -0.349. The number of amides is 2. The van der Waals surface area contributed by atoms with Crippen molar-refractivity contribution >= 4 is 17.6 Å². The summed E-state index contributed by atoms with van der Waals surface area (Å²) in [6.07, 6.45) is 3.07. The number of carbonyl (C=O) groups is 2. The van der Waals surface area contributed by atoms with Crippen LogP contribution in [0, 0.1) is 19.8 Å². The Morgan fingerprint density at radius 3 is 2.62 bits per heavy atom. The molecule has 1 aromatic rings. The van der Waals surface area contributed by atoms with Gasteiger partial charge in [0.05, 0.1) is 23.9 Å². The average Bonchev–Trinajstić information content (AvgIpc) is 2.70. The van der Waals surface area contributed by atoms with Crippen LogP contribution in [-0.2, 0) is 9.59 Å².